The van der Waals surface area contributed by atoms with Gasteiger partial charge in [-0.25, -0.2) is 0 Å². The highest BCUT2D eigenvalue weighted by Gasteiger charge is 2.43. The molecule has 5 rings (SSSR count). The highest BCUT2D eigenvalue weighted by atomic mass is 16.5. The van der Waals surface area contributed by atoms with Crippen LogP contribution in [-0.2, 0) is 11.8 Å². The molecule has 4 nitrogen and oxygen atoms in total. The molecule has 1 aliphatic carbocycles. The molecule has 1 aliphatic rings. The van der Waals surface area contributed by atoms with Crippen molar-refractivity contribution in [3.05, 3.63) is 78.3 Å². The van der Waals surface area contributed by atoms with E-state index in [1.807, 2.05) is 24.3 Å². The first-order valence-corrected chi connectivity index (χ1v) is 9.06. The summed E-state index contributed by atoms with van der Waals surface area (Å²) in [5.41, 5.74) is 2.07. The lowest BCUT2D eigenvalue weighted by molar-refractivity contribution is 0.173. The van der Waals surface area contributed by atoms with E-state index in [0.717, 1.165) is 41.6 Å². The van der Waals surface area contributed by atoms with Gasteiger partial charge in [0.15, 0.2) is 0 Å². The van der Waals surface area contributed by atoms with Gasteiger partial charge in [-0.3, -0.25) is 4.98 Å². The predicted molar refractivity (Wildman–Crippen MR) is 101 cm³/mol. The summed E-state index contributed by atoms with van der Waals surface area (Å²) in [5.74, 6) is 1.33. The van der Waals surface area contributed by atoms with Crippen LogP contribution in [-0.4, -0.2) is 15.1 Å². The monoisotopic (exact) mass is 341 g/mol. The summed E-state index contributed by atoms with van der Waals surface area (Å²) >= 11 is 0. The first-order chi connectivity index (χ1) is 12.8. The minimum atomic E-state index is -0.0306. The van der Waals surface area contributed by atoms with Crippen molar-refractivity contribution in [3.8, 4) is 11.5 Å². The van der Waals surface area contributed by atoms with Crippen molar-refractivity contribution in [2.75, 3.05) is 0 Å². The van der Waals surface area contributed by atoms with Gasteiger partial charge in [-0.2, -0.15) is 4.98 Å². The maximum atomic E-state index is 5.75. The van der Waals surface area contributed by atoms with Gasteiger partial charge in [0.25, 0.3) is 0 Å². The molecule has 1 fully saturated rings. The van der Waals surface area contributed by atoms with Crippen LogP contribution >= 0.6 is 0 Å². The fraction of sp³-hybridized carbons (Fsp3) is 0.227. The summed E-state index contributed by atoms with van der Waals surface area (Å²) in [6.45, 7) is 0. The number of hydrogen-bond donors (Lipinski definition) is 0. The third-order valence-corrected chi connectivity index (χ3v) is 5.46. The SMILES string of the molecule is c1ccc(CC2(c3nc(-c4nccc5ccccc45)no3)CCC2)cc1. The van der Waals surface area contributed by atoms with Crippen molar-refractivity contribution in [2.24, 2.45) is 0 Å². The number of aromatic nitrogens is 3. The molecule has 2 aromatic carbocycles. The second kappa shape index (κ2) is 6.06. The zero-order valence-electron chi connectivity index (χ0n) is 14.4. The van der Waals surface area contributed by atoms with E-state index in [2.05, 4.69) is 46.5 Å². The van der Waals surface area contributed by atoms with Crippen LogP contribution in [0.4, 0.5) is 0 Å². The number of fused-ring (bicyclic) bond motifs is 1. The van der Waals surface area contributed by atoms with Gasteiger partial charge in [-0.15, -0.1) is 0 Å². The number of rotatable bonds is 4. The highest BCUT2D eigenvalue weighted by molar-refractivity contribution is 5.92. The Balaban J connectivity index is 1.53. The molecule has 0 bridgehead atoms. The highest BCUT2D eigenvalue weighted by Crippen LogP contribution is 2.46. The average Bonchev–Trinajstić information content (AvgIpc) is 3.15. The third-order valence-electron chi connectivity index (χ3n) is 5.46. The van der Waals surface area contributed by atoms with Crippen molar-refractivity contribution in [2.45, 2.75) is 31.1 Å². The standard InChI is InChI=1S/C22H19N3O/c1-2-7-16(8-3-1)15-22(12-6-13-22)21-24-20(25-26-21)19-18-10-5-4-9-17(18)11-14-23-19/h1-5,7-11,14H,6,12-13,15H2. The molecule has 4 aromatic rings. The quantitative estimate of drug-likeness (QED) is 0.527. The van der Waals surface area contributed by atoms with Crippen molar-refractivity contribution in [1.82, 2.24) is 15.1 Å². The molecule has 4 heteroatoms. The number of pyridine rings is 1. The van der Waals surface area contributed by atoms with E-state index in [1.54, 1.807) is 6.20 Å². The molecule has 1 saturated carbocycles. The van der Waals surface area contributed by atoms with Gasteiger partial charge < -0.3 is 4.52 Å². The third kappa shape index (κ3) is 2.49. The molecule has 0 unspecified atom stereocenters. The zero-order valence-corrected chi connectivity index (χ0v) is 14.4. The fourth-order valence-corrected chi connectivity index (χ4v) is 3.89. The summed E-state index contributed by atoms with van der Waals surface area (Å²) in [4.78, 5) is 9.30. The molecule has 0 aliphatic heterocycles. The fourth-order valence-electron chi connectivity index (χ4n) is 3.89. The zero-order chi connectivity index (χ0) is 17.4. The first-order valence-electron chi connectivity index (χ1n) is 9.06. The van der Waals surface area contributed by atoms with E-state index in [9.17, 15) is 0 Å². The molecule has 0 N–H and O–H groups in total. The Labute approximate surface area is 151 Å². The molecule has 128 valence electrons. The number of hydrogen-bond acceptors (Lipinski definition) is 4. The van der Waals surface area contributed by atoms with E-state index in [4.69, 9.17) is 9.51 Å². The van der Waals surface area contributed by atoms with Crippen molar-refractivity contribution in [3.63, 3.8) is 0 Å². The van der Waals surface area contributed by atoms with Gasteiger partial charge in [0, 0.05) is 11.6 Å². The summed E-state index contributed by atoms with van der Waals surface area (Å²) < 4.78 is 5.75. The minimum absolute atomic E-state index is 0.0306. The normalized spacial score (nSPS) is 15.7. The van der Waals surface area contributed by atoms with Crippen molar-refractivity contribution in [1.29, 1.82) is 0 Å². The lowest BCUT2D eigenvalue weighted by Gasteiger charge is -2.38. The van der Waals surface area contributed by atoms with E-state index in [0.29, 0.717) is 5.82 Å². The van der Waals surface area contributed by atoms with E-state index < -0.39 is 0 Å². The van der Waals surface area contributed by atoms with Crippen LogP contribution < -0.4 is 0 Å². The van der Waals surface area contributed by atoms with Gasteiger partial charge in [-0.05, 0) is 36.3 Å². The molecular formula is C22H19N3O. The Kier molecular flexibility index (Phi) is 3.56. The summed E-state index contributed by atoms with van der Waals surface area (Å²) in [7, 11) is 0. The Bertz CT molecular complexity index is 1050. The Morgan fingerprint density at radius 3 is 2.54 bits per heavy atom. The maximum absolute atomic E-state index is 5.75. The smallest absolute Gasteiger partial charge is 0.233 e. The van der Waals surface area contributed by atoms with Crippen LogP contribution in [0.2, 0.25) is 0 Å². The molecule has 0 amide bonds. The Morgan fingerprint density at radius 1 is 0.923 bits per heavy atom. The second-order valence-electron chi connectivity index (χ2n) is 7.10. The van der Waals surface area contributed by atoms with Gasteiger partial charge in [-0.1, -0.05) is 66.2 Å². The van der Waals surface area contributed by atoms with Gasteiger partial charge >= 0.3 is 0 Å². The molecule has 0 atom stereocenters. The van der Waals surface area contributed by atoms with Crippen LogP contribution in [0, 0.1) is 0 Å². The Morgan fingerprint density at radius 2 is 1.73 bits per heavy atom. The van der Waals surface area contributed by atoms with Crippen molar-refractivity contribution >= 4 is 10.8 Å². The van der Waals surface area contributed by atoms with E-state index in [1.165, 1.54) is 12.0 Å². The Hall–Kier alpha value is -3.01. The second-order valence-corrected chi connectivity index (χ2v) is 7.10. The van der Waals surface area contributed by atoms with Crippen molar-refractivity contribution < 1.29 is 4.52 Å². The molecular weight excluding hydrogens is 322 g/mol. The maximum Gasteiger partial charge on any atom is 0.233 e. The lowest BCUT2D eigenvalue weighted by Crippen LogP contribution is -2.36. The lowest BCUT2D eigenvalue weighted by atomic mass is 9.65. The average molecular weight is 341 g/mol. The summed E-state index contributed by atoms with van der Waals surface area (Å²) in [6, 6.07) is 20.7. The van der Waals surface area contributed by atoms with Gasteiger partial charge in [0.05, 0.1) is 5.41 Å². The predicted octanol–water partition coefficient (Wildman–Crippen LogP) is 4.95. The van der Waals surface area contributed by atoms with E-state index in [-0.39, 0.29) is 5.41 Å². The van der Waals surface area contributed by atoms with E-state index >= 15 is 0 Å². The van der Waals surface area contributed by atoms with Crippen LogP contribution in [0.1, 0.15) is 30.7 Å². The minimum Gasteiger partial charge on any atom is -0.338 e. The number of nitrogens with zero attached hydrogens (tertiary/aromatic N) is 3. The molecule has 0 spiro atoms. The summed E-state index contributed by atoms with van der Waals surface area (Å²) in [6.07, 6.45) is 6.13. The molecule has 2 aromatic heterocycles. The van der Waals surface area contributed by atoms with Gasteiger partial charge in [0.1, 0.15) is 5.69 Å². The number of benzene rings is 2. The molecule has 26 heavy (non-hydrogen) atoms. The van der Waals surface area contributed by atoms with Crippen LogP contribution in [0.3, 0.4) is 0 Å². The molecule has 0 saturated heterocycles. The largest absolute Gasteiger partial charge is 0.338 e. The first kappa shape index (κ1) is 15.3. The summed E-state index contributed by atoms with van der Waals surface area (Å²) in [5, 5.41) is 6.46. The van der Waals surface area contributed by atoms with Gasteiger partial charge in [0.2, 0.25) is 11.7 Å². The molecule has 0 radical (unpaired) electrons. The van der Waals surface area contributed by atoms with Crippen LogP contribution in [0.25, 0.3) is 22.3 Å². The van der Waals surface area contributed by atoms with Crippen LogP contribution in [0.5, 0.6) is 0 Å². The molecule has 2 heterocycles. The topological polar surface area (TPSA) is 51.8 Å². The van der Waals surface area contributed by atoms with Crippen LogP contribution in [0.15, 0.2) is 71.4 Å².